The Kier molecular flexibility index (Phi) is 98.5. The molecule has 1 N–H and O–H groups in total. The number of carboxylic acids is 1. The van der Waals surface area contributed by atoms with Crippen molar-refractivity contribution in [2.24, 2.45) is 160 Å². The number of allylic oxidation sites excluding steroid dienone is 25. The van der Waals surface area contributed by atoms with Gasteiger partial charge in [-0.1, -0.05) is 552 Å². The van der Waals surface area contributed by atoms with E-state index in [0.29, 0.717) is 124 Å². The van der Waals surface area contributed by atoms with Crippen LogP contribution < -0.4 is 0 Å². The van der Waals surface area contributed by atoms with Crippen LogP contribution in [0, 0.1) is 166 Å². The molecule has 2 aromatic rings. The van der Waals surface area contributed by atoms with E-state index in [0.717, 1.165) is 40.7 Å². The molecule has 0 saturated heterocycles. The molecule has 0 heterocycles. The van der Waals surface area contributed by atoms with Crippen molar-refractivity contribution >= 4 is 17.1 Å². The smallest absolute Gasteiger partial charge is 0.307 e. The fourth-order valence-corrected chi connectivity index (χ4v) is 12.7. The molecule has 0 spiro atoms. The van der Waals surface area contributed by atoms with E-state index in [1.165, 1.54) is 71.2 Å². The van der Waals surface area contributed by atoms with Crippen molar-refractivity contribution in [1.82, 2.24) is 0 Å². The normalized spacial score (nSPS) is 13.6. The van der Waals surface area contributed by atoms with Gasteiger partial charge in [-0.05, 0) is 249 Å². The van der Waals surface area contributed by atoms with Gasteiger partial charge in [0.15, 0.2) is 0 Å². The van der Waals surface area contributed by atoms with E-state index in [4.69, 9.17) is 5.11 Å². The fourth-order valence-electron chi connectivity index (χ4n) is 12.7. The van der Waals surface area contributed by atoms with E-state index < -0.39 is 5.97 Å². The predicted octanol–water partition coefficient (Wildman–Crippen LogP) is 44.7. The molecule has 0 unspecified atom stereocenters. The third-order valence-corrected chi connectivity index (χ3v) is 21.5. The predicted molar refractivity (Wildman–Crippen MR) is 620 cm³/mol. The maximum atomic E-state index is 12.8. The highest BCUT2D eigenvalue weighted by atomic mass is 19.1. The first kappa shape index (κ1) is 149. The molecule has 2 aromatic carbocycles. The van der Waals surface area contributed by atoms with E-state index in [1.54, 1.807) is 33.9 Å². The first-order chi connectivity index (χ1) is 61.2. The van der Waals surface area contributed by atoms with Gasteiger partial charge in [0.1, 0.15) is 5.82 Å². The Bertz CT molecular complexity index is 3300. The average molecular weight is 1870 g/mol. The van der Waals surface area contributed by atoms with Gasteiger partial charge in [0.05, 0.1) is 12.2 Å². The van der Waals surface area contributed by atoms with Gasteiger partial charge in [0.2, 0.25) is 0 Å². The Morgan fingerprint density at radius 1 is 0.284 bits per heavy atom. The molecule has 784 valence electrons. The molecule has 0 atom stereocenters. The summed E-state index contributed by atoms with van der Waals surface area (Å²) in [4.78, 5) is 10.5. The standard InChI is InChI=1S/C14H19F.C14H20.C11H20.C10H18O2.3C10H20.3C9H18.C8H15F.2C8H16/c1-10(2)9-14(11(3)4)12-5-7-13(15)8-6-12;1-11(2)10-14(12(3)4)13-8-6-5-7-9-13;1-8(2)7-11(9(3)4)10-5-6-10;1-7(2)5-9(8(3)4)6-10(11)12;1-7(2)9(5)10(6)8(3)4;2*1-6-10(9(4)5)7-8(2)3;3*1-7(2)6-9(5)8(3)4;1-6(2)5-8(9)7(3)4;2*1-7(2)5-6-8(3)4/h5-11H,1-4H3;5-12H,1-4H3;7-10H,5-6H2,1-4H3;5,7-8H,6H2,1-4H3,(H,11,12);7-8H,1-6H3;2*7-9H,6H2,1-5H3;3*6-8H,1-5H3;5-7H,1-4H3;2*5-8H,1-4H3/b14-9-;14-10-;11-7-;9-5+;10-9+;2*10-7+;2*9-6+;9-6-;8-5-;6-5+;6-5-. The van der Waals surface area contributed by atoms with Crippen molar-refractivity contribution in [2.45, 2.75) is 441 Å². The Morgan fingerprint density at radius 2 is 0.530 bits per heavy atom. The van der Waals surface area contributed by atoms with Crippen molar-refractivity contribution in [3.05, 3.63) is 213 Å². The molecule has 1 saturated carbocycles. The summed E-state index contributed by atoms with van der Waals surface area (Å²) in [5.41, 5.74) is 18.8. The summed E-state index contributed by atoms with van der Waals surface area (Å²) in [6.45, 7) is 129. The van der Waals surface area contributed by atoms with Gasteiger partial charge in [0.25, 0.3) is 0 Å². The van der Waals surface area contributed by atoms with E-state index in [-0.39, 0.29) is 24.0 Å². The van der Waals surface area contributed by atoms with Crippen LogP contribution in [0.25, 0.3) is 11.1 Å². The molecule has 134 heavy (non-hydrogen) atoms. The van der Waals surface area contributed by atoms with Crippen LogP contribution >= 0.6 is 0 Å². The molecular formula is C130H238F2O2. The summed E-state index contributed by atoms with van der Waals surface area (Å²) in [5, 5.41) is 8.60. The zero-order valence-corrected chi connectivity index (χ0v) is 101. The van der Waals surface area contributed by atoms with Gasteiger partial charge in [-0.3, -0.25) is 4.79 Å². The minimum absolute atomic E-state index is 0.00463. The molecular weight excluding hydrogens is 1630 g/mol. The monoisotopic (exact) mass is 1870 g/mol. The highest BCUT2D eigenvalue weighted by Crippen LogP contribution is 2.40. The molecule has 0 radical (unpaired) electrons. The number of benzene rings is 2. The van der Waals surface area contributed by atoms with Gasteiger partial charge in [-0.2, -0.15) is 0 Å². The van der Waals surface area contributed by atoms with Gasteiger partial charge in [0, 0.05) is 5.92 Å². The summed E-state index contributed by atoms with van der Waals surface area (Å²) < 4.78 is 25.4. The first-order valence-corrected chi connectivity index (χ1v) is 53.9. The topological polar surface area (TPSA) is 37.3 Å². The molecule has 1 aliphatic carbocycles. The maximum absolute atomic E-state index is 12.8. The van der Waals surface area contributed by atoms with Crippen LogP contribution in [-0.4, -0.2) is 11.1 Å². The molecule has 2 nitrogen and oxygen atoms in total. The SMILES string of the molecule is C/C(=C(/C)C(C)C)C(C)C.C/C(=C/C(C)C)C(C)C.C/C(=C\C(C)C)C(C)C.C/C(=C\C(C)C)C(C)C.CC(C)/C=C(/C(C)C)C1CC1.CC(C)/C=C(\CC(=O)O)C(C)C.CC(C)/C=C(\F)C(C)C.CC(C)/C=C(\c1ccc(F)cc1)C(C)C.CC(C)/C=C(\c1ccccc1)C(C)C.CC(C)/C=C/C(C)C.CC(C)/C=C\C(C)C.CC/C(=C\C(C)C)C(C)C.CC/C(=C\C(C)C)C(C)C. The van der Waals surface area contributed by atoms with Crippen LogP contribution in [0.15, 0.2) is 196 Å². The highest BCUT2D eigenvalue weighted by Gasteiger charge is 2.27. The quantitative estimate of drug-likeness (QED) is 0.0723. The molecule has 4 heteroatoms. The second-order valence-corrected chi connectivity index (χ2v) is 46.3. The van der Waals surface area contributed by atoms with E-state index in [1.807, 2.05) is 59.8 Å². The van der Waals surface area contributed by atoms with E-state index in [2.05, 4.69) is 470 Å². The number of rotatable bonds is 33. The lowest BCUT2D eigenvalue weighted by atomic mass is 9.92. The van der Waals surface area contributed by atoms with E-state index in [9.17, 15) is 13.6 Å². The molecule has 0 aliphatic heterocycles. The summed E-state index contributed by atoms with van der Waals surface area (Å²) in [7, 11) is 0. The average Bonchev–Trinajstić information content (AvgIpc) is 1.74. The van der Waals surface area contributed by atoms with Gasteiger partial charge in [-0.25, -0.2) is 8.78 Å². The lowest BCUT2D eigenvalue weighted by molar-refractivity contribution is -0.136. The Morgan fingerprint density at radius 3 is 0.687 bits per heavy atom. The number of carbonyl (C=O) groups is 1. The number of aliphatic carboxylic acids is 1. The third-order valence-electron chi connectivity index (χ3n) is 21.5. The highest BCUT2D eigenvalue weighted by molar-refractivity contribution is 5.70. The Labute approximate surface area is 843 Å². The lowest BCUT2D eigenvalue weighted by Gasteiger charge is -2.13. The van der Waals surface area contributed by atoms with Crippen molar-refractivity contribution in [3.63, 3.8) is 0 Å². The van der Waals surface area contributed by atoms with Crippen molar-refractivity contribution < 1.29 is 18.7 Å². The lowest BCUT2D eigenvalue weighted by Crippen LogP contribution is -2.04. The molecule has 0 bridgehead atoms. The third kappa shape index (κ3) is 105. The number of hydrogen-bond acceptors (Lipinski definition) is 1. The molecule has 3 rings (SSSR count). The first-order valence-electron chi connectivity index (χ1n) is 53.9. The second kappa shape index (κ2) is 88.8. The Hall–Kier alpha value is -5.61. The van der Waals surface area contributed by atoms with Gasteiger partial charge >= 0.3 is 5.97 Å². The van der Waals surface area contributed by atoms with Crippen LogP contribution in [0.5, 0.6) is 0 Å². The van der Waals surface area contributed by atoms with Crippen molar-refractivity contribution in [3.8, 4) is 0 Å². The largest absolute Gasteiger partial charge is 0.481 e. The van der Waals surface area contributed by atoms with Crippen LogP contribution in [-0.2, 0) is 4.79 Å². The summed E-state index contributed by atoms with van der Waals surface area (Å²) in [6, 6.07) is 17.4. The second-order valence-electron chi connectivity index (χ2n) is 46.3. The zero-order chi connectivity index (χ0) is 108. The number of carboxylic acid groups (broad SMARTS) is 1. The fraction of sp³-hybridized carbons (Fsp3) is 0.700. The summed E-state index contributed by atoms with van der Waals surface area (Å²) in [6.07, 6.45) is 36.9. The zero-order valence-electron chi connectivity index (χ0n) is 101. The molecule has 0 amide bonds. The van der Waals surface area contributed by atoms with Gasteiger partial charge < -0.3 is 5.11 Å². The van der Waals surface area contributed by atoms with Gasteiger partial charge in [-0.15, -0.1) is 0 Å². The molecule has 0 aromatic heterocycles. The maximum Gasteiger partial charge on any atom is 0.307 e. The van der Waals surface area contributed by atoms with Crippen molar-refractivity contribution in [1.29, 1.82) is 0 Å². The molecule has 1 aliphatic rings. The van der Waals surface area contributed by atoms with Crippen LogP contribution in [0.3, 0.4) is 0 Å². The minimum atomic E-state index is -0.740. The number of hydrogen-bond donors (Lipinski definition) is 1. The van der Waals surface area contributed by atoms with Crippen LogP contribution in [0.1, 0.15) is 452 Å². The molecule has 1 fully saturated rings. The Balaban J connectivity index is -0.000000156. The van der Waals surface area contributed by atoms with Crippen molar-refractivity contribution in [2.75, 3.05) is 0 Å². The van der Waals surface area contributed by atoms with Crippen LogP contribution in [0.4, 0.5) is 8.78 Å². The summed E-state index contributed by atoms with van der Waals surface area (Å²) in [5.74, 6) is 16.3. The minimum Gasteiger partial charge on any atom is -0.481 e. The number of halogens is 2. The van der Waals surface area contributed by atoms with E-state index >= 15 is 0 Å². The van der Waals surface area contributed by atoms with Crippen LogP contribution in [0.2, 0.25) is 0 Å². The summed E-state index contributed by atoms with van der Waals surface area (Å²) >= 11 is 0.